The van der Waals surface area contributed by atoms with E-state index in [2.05, 4.69) is 44.1 Å². The fourth-order valence-corrected chi connectivity index (χ4v) is 2.93. The largest absolute Gasteiger partial charge is 0.307 e. The summed E-state index contributed by atoms with van der Waals surface area (Å²) in [6.07, 6.45) is 5.58. The number of rotatable bonds is 7. The molecule has 0 amide bonds. The smallest absolute Gasteiger partial charge is 0.0390 e. The number of hydrogen-bond donors (Lipinski definition) is 1. The first-order chi connectivity index (χ1) is 7.65. The van der Waals surface area contributed by atoms with Gasteiger partial charge < -0.3 is 5.32 Å². The normalized spacial score (nSPS) is 14.7. The zero-order valence-electron chi connectivity index (χ0n) is 10.6. The van der Waals surface area contributed by atoms with Crippen LogP contribution in [0.15, 0.2) is 24.1 Å². The van der Waals surface area contributed by atoms with Crippen LogP contribution in [0.4, 0.5) is 0 Å². The predicted octanol–water partition coefficient (Wildman–Crippen LogP) is 4.45. The third-order valence-electron chi connectivity index (χ3n) is 2.87. The Bertz CT molecular complexity index is 316. The van der Waals surface area contributed by atoms with E-state index in [-0.39, 0.29) is 0 Å². The monoisotopic (exact) mass is 237 g/mol. The first kappa shape index (κ1) is 13.5. The summed E-state index contributed by atoms with van der Waals surface area (Å²) < 4.78 is 0. The van der Waals surface area contributed by atoms with E-state index in [9.17, 15) is 0 Å². The topological polar surface area (TPSA) is 12.0 Å². The summed E-state index contributed by atoms with van der Waals surface area (Å²) in [5.41, 5.74) is 1.41. The van der Waals surface area contributed by atoms with Gasteiger partial charge in [-0.3, -0.25) is 0 Å². The molecule has 0 bridgehead atoms. The van der Waals surface area contributed by atoms with Crippen LogP contribution >= 0.6 is 11.3 Å². The summed E-state index contributed by atoms with van der Waals surface area (Å²) in [4.78, 5) is 1.47. The minimum atomic E-state index is 0.471. The van der Waals surface area contributed by atoms with E-state index in [1.165, 1.54) is 23.3 Å². The van der Waals surface area contributed by atoms with Crippen LogP contribution in [0.1, 0.15) is 49.6 Å². The summed E-state index contributed by atoms with van der Waals surface area (Å²) in [6.45, 7) is 10.5. The molecule has 1 N–H and O–H groups in total. The highest BCUT2D eigenvalue weighted by atomic mass is 32.1. The fraction of sp³-hybridized carbons (Fsp3) is 0.571. The fourth-order valence-electron chi connectivity index (χ4n) is 1.98. The molecule has 2 atom stereocenters. The summed E-state index contributed by atoms with van der Waals surface area (Å²) in [7, 11) is 0. The lowest BCUT2D eigenvalue weighted by atomic mass is 10.1. The summed E-state index contributed by atoms with van der Waals surface area (Å²) in [6, 6.07) is 3.25. The lowest BCUT2D eigenvalue weighted by molar-refractivity contribution is 0.450. The molecule has 1 heterocycles. The van der Waals surface area contributed by atoms with Crippen LogP contribution in [0.2, 0.25) is 0 Å². The van der Waals surface area contributed by atoms with Crippen molar-refractivity contribution < 1.29 is 0 Å². The quantitative estimate of drug-likeness (QED) is 0.545. The Hall–Kier alpha value is -0.600. The molecule has 1 nitrogen and oxygen atoms in total. The van der Waals surface area contributed by atoms with Gasteiger partial charge in [-0.25, -0.2) is 0 Å². The molecule has 0 aliphatic carbocycles. The maximum atomic E-state index is 3.75. The number of nitrogens with one attached hydrogen (secondary N) is 1. The number of unbranched alkanes of at least 4 members (excludes halogenated alkanes) is 1. The van der Waals surface area contributed by atoms with E-state index in [4.69, 9.17) is 0 Å². The number of allylic oxidation sites excluding steroid dienone is 1. The predicted molar refractivity (Wildman–Crippen MR) is 74.1 cm³/mol. The van der Waals surface area contributed by atoms with Crippen molar-refractivity contribution >= 4 is 11.3 Å². The number of aryl methyl sites for hydroxylation is 1. The molecule has 90 valence electrons. The van der Waals surface area contributed by atoms with Crippen LogP contribution in [0.25, 0.3) is 0 Å². The Labute approximate surface area is 104 Å². The molecule has 2 unspecified atom stereocenters. The molecule has 0 fully saturated rings. The van der Waals surface area contributed by atoms with Gasteiger partial charge in [-0.05, 0) is 57.0 Å². The Morgan fingerprint density at radius 3 is 2.81 bits per heavy atom. The minimum Gasteiger partial charge on any atom is -0.307 e. The van der Waals surface area contributed by atoms with Crippen molar-refractivity contribution in [3.63, 3.8) is 0 Å². The third-order valence-corrected chi connectivity index (χ3v) is 4.08. The molecule has 2 heteroatoms. The second kappa shape index (κ2) is 6.87. The maximum absolute atomic E-state index is 3.75. The van der Waals surface area contributed by atoms with Gasteiger partial charge >= 0.3 is 0 Å². The van der Waals surface area contributed by atoms with Crippen molar-refractivity contribution in [1.82, 2.24) is 5.32 Å². The van der Waals surface area contributed by atoms with Crippen LogP contribution < -0.4 is 5.32 Å². The highest BCUT2D eigenvalue weighted by Crippen LogP contribution is 2.24. The van der Waals surface area contributed by atoms with Crippen molar-refractivity contribution in [1.29, 1.82) is 0 Å². The summed E-state index contributed by atoms with van der Waals surface area (Å²) in [5, 5.41) is 5.83. The lowest BCUT2D eigenvalue weighted by Crippen LogP contribution is -2.28. The van der Waals surface area contributed by atoms with Gasteiger partial charge in [0.25, 0.3) is 0 Å². The second-order valence-corrected chi connectivity index (χ2v) is 5.42. The first-order valence-electron chi connectivity index (χ1n) is 6.06. The van der Waals surface area contributed by atoms with Gasteiger partial charge in [-0.2, -0.15) is 0 Å². The standard InChI is InChI=1S/C14H23NS/c1-5-6-7-8-12(3)15-13(4)14-11(2)9-10-16-14/h5,9-10,12-13,15H,1,6-8H2,2-4H3. The highest BCUT2D eigenvalue weighted by molar-refractivity contribution is 7.10. The van der Waals surface area contributed by atoms with E-state index in [1.54, 1.807) is 0 Å². The number of hydrogen-bond acceptors (Lipinski definition) is 2. The van der Waals surface area contributed by atoms with Gasteiger partial charge in [0, 0.05) is 17.0 Å². The van der Waals surface area contributed by atoms with Crippen LogP contribution in [0.3, 0.4) is 0 Å². The van der Waals surface area contributed by atoms with Crippen molar-refractivity contribution in [2.24, 2.45) is 0 Å². The van der Waals surface area contributed by atoms with Gasteiger partial charge in [0.2, 0.25) is 0 Å². The summed E-state index contributed by atoms with van der Waals surface area (Å²) in [5.74, 6) is 0. The van der Waals surface area contributed by atoms with Crippen LogP contribution in [-0.4, -0.2) is 6.04 Å². The van der Waals surface area contributed by atoms with Gasteiger partial charge in [-0.1, -0.05) is 6.08 Å². The number of thiophene rings is 1. The molecule has 0 radical (unpaired) electrons. The van der Waals surface area contributed by atoms with Gasteiger partial charge in [-0.15, -0.1) is 17.9 Å². The van der Waals surface area contributed by atoms with Crippen LogP contribution in [0.5, 0.6) is 0 Å². The van der Waals surface area contributed by atoms with Crippen molar-refractivity contribution in [2.45, 2.75) is 52.1 Å². The minimum absolute atomic E-state index is 0.471. The summed E-state index contributed by atoms with van der Waals surface area (Å²) >= 11 is 1.85. The molecular formula is C14H23NS. The van der Waals surface area contributed by atoms with E-state index in [0.29, 0.717) is 12.1 Å². The maximum Gasteiger partial charge on any atom is 0.0390 e. The van der Waals surface area contributed by atoms with Crippen LogP contribution in [-0.2, 0) is 0 Å². The van der Waals surface area contributed by atoms with Gasteiger partial charge in [0.05, 0.1) is 0 Å². The van der Waals surface area contributed by atoms with Crippen molar-refractivity contribution in [3.8, 4) is 0 Å². The third kappa shape index (κ3) is 4.11. The Morgan fingerprint density at radius 2 is 2.25 bits per heavy atom. The molecule has 0 aliphatic rings. The van der Waals surface area contributed by atoms with Crippen molar-refractivity contribution in [2.75, 3.05) is 0 Å². The van der Waals surface area contributed by atoms with Crippen LogP contribution in [0, 0.1) is 6.92 Å². The molecule has 0 saturated carbocycles. The SMILES string of the molecule is C=CCCCC(C)NC(C)c1sccc1C. The molecule has 1 rings (SSSR count). The van der Waals surface area contributed by atoms with E-state index in [1.807, 2.05) is 17.4 Å². The van der Waals surface area contributed by atoms with E-state index >= 15 is 0 Å². The van der Waals surface area contributed by atoms with Crippen molar-refractivity contribution in [3.05, 3.63) is 34.5 Å². The van der Waals surface area contributed by atoms with E-state index in [0.717, 1.165) is 6.42 Å². The zero-order valence-corrected chi connectivity index (χ0v) is 11.4. The molecular weight excluding hydrogens is 214 g/mol. The van der Waals surface area contributed by atoms with E-state index < -0.39 is 0 Å². The molecule has 0 spiro atoms. The second-order valence-electron chi connectivity index (χ2n) is 4.48. The molecule has 0 saturated heterocycles. The molecule has 1 aromatic rings. The average Bonchev–Trinajstić information content (AvgIpc) is 2.65. The Morgan fingerprint density at radius 1 is 1.50 bits per heavy atom. The lowest BCUT2D eigenvalue weighted by Gasteiger charge is -2.19. The first-order valence-corrected chi connectivity index (χ1v) is 6.94. The zero-order chi connectivity index (χ0) is 12.0. The molecule has 1 aromatic heterocycles. The van der Waals surface area contributed by atoms with Gasteiger partial charge in [0.1, 0.15) is 0 Å². The Kier molecular flexibility index (Phi) is 5.78. The highest BCUT2D eigenvalue weighted by Gasteiger charge is 2.12. The average molecular weight is 237 g/mol. The molecule has 0 aliphatic heterocycles. The van der Waals surface area contributed by atoms with Gasteiger partial charge in [0.15, 0.2) is 0 Å². The molecule has 0 aromatic carbocycles. The Balaban J connectivity index is 2.36. The molecule has 16 heavy (non-hydrogen) atoms.